The molecule has 0 aromatic rings. The van der Waals surface area contributed by atoms with E-state index in [-0.39, 0.29) is 0 Å². The van der Waals surface area contributed by atoms with Crippen LogP contribution in [0.5, 0.6) is 0 Å². The van der Waals surface area contributed by atoms with Gasteiger partial charge in [-0.3, -0.25) is 4.18 Å². The lowest BCUT2D eigenvalue weighted by Crippen LogP contribution is -2.10. The van der Waals surface area contributed by atoms with E-state index in [1.165, 1.54) is 14.2 Å². The fourth-order valence-corrected chi connectivity index (χ4v) is 0.306. The molecule has 1 atom stereocenters. The van der Waals surface area contributed by atoms with Crippen LogP contribution in [0.2, 0.25) is 0 Å². The molecule has 0 aliphatic rings. The van der Waals surface area contributed by atoms with Gasteiger partial charge in [0.2, 0.25) is 0 Å². The lowest BCUT2D eigenvalue weighted by Gasteiger charge is -1.92. The minimum Gasteiger partial charge on any atom is -0.271 e. The lowest BCUT2D eigenvalue weighted by atomic mass is 11.6. The first kappa shape index (κ1) is 7.03. The minimum absolute atomic E-state index is 1.29. The highest BCUT2D eigenvalue weighted by Gasteiger charge is 1.89. The van der Waals surface area contributed by atoms with Crippen molar-refractivity contribution in [3.63, 3.8) is 0 Å². The molecule has 5 heteroatoms. The third kappa shape index (κ3) is 3.87. The number of nitrogens with one attached hydrogen (secondary N) is 1. The zero-order valence-electron chi connectivity index (χ0n) is 4.13. The van der Waals surface area contributed by atoms with E-state index in [0.717, 1.165) is 0 Å². The van der Waals surface area contributed by atoms with Crippen LogP contribution in [0.3, 0.4) is 0 Å². The second-order valence-corrected chi connectivity index (χ2v) is 1.57. The zero-order chi connectivity index (χ0) is 5.70. The highest BCUT2D eigenvalue weighted by molar-refractivity contribution is 7.75. The van der Waals surface area contributed by atoms with Crippen LogP contribution in [0, 0.1) is 0 Å². The monoisotopic (exact) mass is 125 g/mol. The van der Waals surface area contributed by atoms with E-state index >= 15 is 0 Å². The molecule has 1 N–H and O–H groups in total. The first-order valence-electron chi connectivity index (χ1n) is 1.61. The summed E-state index contributed by atoms with van der Waals surface area (Å²) in [5, 5.41) is 0. The van der Waals surface area contributed by atoms with Crippen molar-refractivity contribution in [3.8, 4) is 0 Å². The van der Waals surface area contributed by atoms with Crippen molar-refractivity contribution in [2.75, 3.05) is 14.2 Å². The molecule has 0 aliphatic carbocycles. The number of rotatable bonds is 3. The van der Waals surface area contributed by atoms with Gasteiger partial charge in [-0.05, 0) is 0 Å². The molecule has 0 bridgehead atoms. The molecule has 0 aromatic carbocycles. The predicted octanol–water partition coefficient (Wildman–Crippen LogP) is -0.638. The molecule has 0 heterocycles. The zero-order valence-corrected chi connectivity index (χ0v) is 4.95. The Hall–Kier alpha value is 0.0300. The Kier molecular flexibility index (Phi) is 4.21. The lowest BCUT2D eigenvalue weighted by molar-refractivity contribution is 0.211. The van der Waals surface area contributed by atoms with Gasteiger partial charge in [0.1, 0.15) is 0 Å². The largest absolute Gasteiger partial charge is 0.322 e. The molecule has 0 fully saturated rings. The maximum Gasteiger partial charge on any atom is 0.322 e. The van der Waals surface area contributed by atoms with E-state index in [1.54, 1.807) is 0 Å². The smallest absolute Gasteiger partial charge is 0.271 e. The maximum absolute atomic E-state index is 10.0. The summed E-state index contributed by atoms with van der Waals surface area (Å²) in [6.45, 7) is 0. The number of hydroxylamine groups is 1. The van der Waals surface area contributed by atoms with E-state index in [2.05, 4.69) is 13.9 Å². The van der Waals surface area contributed by atoms with Crippen molar-refractivity contribution < 1.29 is 12.7 Å². The molecule has 0 radical (unpaired) electrons. The molecular weight excluding hydrogens is 118 g/mol. The fourth-order valence-electron chi connectivity index (χ4n) is 0.102. The van der Waals surface area contributed by atoms with Crippen LogP contribution in [0.15, 0.2) is 0 Å². The van der Waals surface area contributed by atoms with Crippen LogP contribution in [-0.2, 0) is 19.8 Å². The summed E-state index contributed by atoms with van der Waals surface area (Å²) in [5.74, 6) is 0. The average Bonchev–Trinajstić information content (AvgIpc) is 1.68. The van der Waals surface area contributed by atoms with Gasteiger partial charge in [-0.2, -0.15) is 14.0 Å². The van der Waals surface area contributed by atoms with Gasteiger partial charge in [0.15, 0.2) is 0 Å². The van der Waals surface area contributed by atoms with Crippen LogP contribution in [0.4, 0.5) is 0 Å². The van der Waals surface area contributed by atoms with Crippen molar-refractivity contribution >= 4 is 11.4 Å². The van der Waals surface area contributed by atoms with Gasteiger partial charge in [0.05, 0.1) is 7.11 Å². The summed E-state index contributed by atoms with van der Waals surface area (Å²) < 4.78 is 18.4. The van der Waals surface area contributed by atoms with E-state index in [1.807, 2.05) is 0 Å². The molecular formula is C2H7NO3S. The normalized spacial score (nSPS) is 14.0. The summed E-state index contributed by atoms with van der Waals surface area (Å²) in [5.41, 5.74) is 2.19. The predicted molar refractivity (Wildman–Crippen MR) is 25.3 cm³/mol. The Morgan fingerprint density at radius 3 is 2.43 bits per heavy atom. The SMILES string of the molecule is CNOS(=O)OC. The molecule has 4 nitrogen and oxygen atoms in total. The van der Waals surface area contributed by atoms with Gasteiger partial charge in [-0.25, -0.2) is 0 Å². The minimum atomic E-state index is -1.64. The Morgan fingerprint density at radius 2 is 2.29 bits per heavy atom. The van der Waals surface area contributed by atoms with Crippen LogP contribution in [0.25, 0.3) is 0 Å². The summed E-state index contributed by atoms with van der Waals surface area (Å²) >= 11 is -1.64. The fraction of sp³-hybridized carbons (Fsp3) is 1.00. The first-order chi connectivity index (χ1) is 3.31. The van der Waals surface area contributed by atoms with Crippen LogP contribution in [0.1, 0.15) is 0 Å². The van der Waals surface area contributed by atoms with Gasteiger partial charge in [-0.15, -0.1) is 0 Å². The van der Waals surface area contributed by atoms with E-state index < -0.39 is 11.4 Å². The molecule has 0 amide bonds. The van der Waals surface area contributed by atoms with E-state index in [0.29, 0.717) is 0 Å². The molecule has 0 spiro atoms. The van der Waals surface area contributed by atoms with Crippen molar-refractivity contribution in [1.82, 2.24) is 5.48 Å². The van der Waals surface area contributed by atoms with Gasteiger partial charge in [0, 0.05) is 7.05 Å². The van der Waals surface area contributed by atoms with Crippen LogP contribution in [-0.4, -0.2) is 18.4 Å². The molecule has 0 aromatic heterocycles. The van der Waals surface area contributed by atoms with Gasteiger partial charge >= 0.3 is 11.4 Å². The van der Waals surface area contributed by atoms with Crippen molar-refractivity contribution in [1.29, 1.82) is 0 Å². The topological polar surface area (TPSA) is 47.6 Å². The van der Waals surface area contributed by atoms with Crippen LogP contribution >= 0.6 is 0 Å². The first-order valence-corrected chi connectivity index (χ1v) is 2.61. The second-order valence-electron chi connectivity index (χ2n) is 0.658. The molecule has 7 heavy (non-hydrogen) atoms. The highest BCUT2D eigenvalue weighted by Crippen LogP contribution is 1.76. The van der Waals surface area contributed by atoms with Gasteiger partial charge < -0.3 is 0 Å². The third-order valence-corrected chi connectivity index (χ3v) is 0.862. The van der Waals surface area contributed by atoms with E-state index in [9.17, 15) is 4.21 Å². The Morgan fingerprint density at radius 1 is 1.71 bits per heavy atom. The van der Waals surface area contributed by atoms with E-state index in [4.69, 9.17) is 0 Å². The molecule has 44 valence electrons. The standard InChI is InChI=1S/C2H7NO3S/c1-3-6-7(4)5-2/h3H,1-2H3. The van der Waals surface area contributed by atoms with Crippen molar-refractivity contribution in [2.45, 2.75) is 0 Å². The summed E-state index contributed by atoms with van der Waals surface area (Å²) in [6, 6.07) is 0. The Bertz CT molecular complexity index is 66.0. The molecule has 1 unspecified atom stereocenters. The van der Waals surface area contributed by atoms with Crippen molar-refractivity contribution in [3.05, 3.63) is 0 Å². The average molecular weight is 125 g/mol. The van der Waals surface area contributed by atoms with Gasteiger partial charge in [0.25, 0.3) is 0 Å². The Labute approximate surface area is 44.6 Å². The molecule has 0 saturated carbocycles. The Balaban J connectivity index is 3.00. The van der Waals surface area contributed by atoms with Gasteiger partial charge in [-0.1, -0.05) is 0 Å². The summed E-state index contributed by atoms with van der Waals surface area (Å²) in [7, 11) is 2.78. The second kappa shape index (κ2) is 4.20. The molecule has 0 aliphatic heterocycles. The van der Waals surface area contributed by atoms with Crippen LogP contribution < -0.4 is 5.48 Å². The highest BCUT2D eigenvalue weighted by atomic mass is 32.2. The molecule has 0 rings (SSSR count). The maximum atomic E-state index is 10.0. The quantitative estimate of drug-likeness (QED) is 0.510. The third-order valence-electron chi connectivity index (χ3n) is 0.287. The summed E-state index contributed by atoms with van der Waals surface area (Å²) in [4.78, 5) is 0. The van der Waals surface area contributed by atoms with Crippen molar-refractivity contribution in [2.24, 2.45) is 0 Å². The summed E-state index contributed by atoms with van der Waals surface area (Å²) in [6.07, 6.45) is 0. The number of hydrogen-bond donors (Lipinski definition) is 1. The molecule has 0 saturated heterocycles. The number of hydrogen-bond acceptors (Lipinski definition) is 4.